The van der Waals surface area contributed by atoms with Crippen LogP contribution in [0.5, 0.6) is 0 Å². The van der Waals surface area contributed by atoms with Gasteiger partial charge in [-0.05, 0) is 24.0 Å². The van der Waals surface area contributed by atoms with Gasteiger partial charge in [-0.1, -0.05) is 23.7 Å². The molecule has 3 nitrogen and oxygen atoms in total. The lowest BCUT2D eigenvalue weighted by Gasteiger charge is -2.25. The topological polar surface area (TPSA) is 49.3 Å². The summed E-state index contributed by atoms with van der Waals surface area (Å²) in [5.41, 5.74) is 2.07. The molecule has 2 N–H and O–H groups in total. The van der Waals surface area contributed by atoms with E-state index in [1.165, 1.54) is 0 Å². The minimum Gasteiger partial charge on any atom is -0.481 e. The molecular formula is C11H12ClNO2. The Hall–Kier alpha value is -1.22. The summed E-state index contributed by atoms with van der Waals surface area (Å²) in [7, 11) is 0. The van der Waals surface area contributed by atoms with Gasteiger partial charge >= 0.3 is 5.97 Å². The molecule has 1 aromatic rings. The molecule has 1 aliphatic rings. The minimum atomic E-state index is -0.743. The van der Waals surface area contributed by atoms with Gasteiger partial charge in [0.2, 0.25) is 0 Å². The van der Waals surface area contributed by atoms with Gasteiger partial charge in [0.15, 0.2) is 0 Å². The van der Waals surface area contributed by atoms with Gasteiger partial charge in [-0.3, -0.25) is 4.79 Å². The highest BCUT2D eigenvalue weighted by Crippen LogP contribution is 2.32. The first-order chi connectivity index (χ1) is 7.16. The molecule has 0 aromatic heterocycles. The molecule has 1 unspecified atom stereocenters. The van der Waals surface area contributed by atoms with Crippen LogP contribution in [0.15, 0.2) is 18.2 Å². The second-order valence-corrected chi connectivity index (χ2v) is 4.23. The van der Waals surface area contributed by atoms with Crippen molar-refractivity contribution in [2.45, 2.75) is 12.8 Å². The van der Waals surface area contributed by atoms with E-state index in [0.717, 1.165) is 17.7 Å². The number of carboxylic acid groups (broad SMARTS) is 1. The van der Waals surface area contributed by atoms with Gasteiger partial charge in [0.05, 0.1) is 17.1 Å². The fraction of sp³-hybridized carbons (Fsp3) is 0.364. The fourth-order valence-corrected chi connectivity index (χ4v) is 2.22. The van der Waals surface area contributed by atoms with E-state index in [4.69, 9.17) is 16.7 Å². The number of carboxylic acids is 1. The first-order valence-corrected chi connectivity index (χ1v) is 5.27. The number of rotatable bonds is 2. The zero-order valence-corrected chi connectivity index (χ0v) is 8.92. The number of hydrogen-bond donors (Lipinski definition) is 2. The number of anilines is 1. The highest BCUT2D eigenvalue weighted by Gasteiger charge is 2.21. The smallest absolute Gasteiger partial charge is 0.303 e. The summed E-state index contributed by atoms with van der Waals surface area (Å²) < 4.78 is 0. The number of halogens is 1. The number of hydrogen-bond acceptors (Lipinski definition) is 2. The summed E-state index contributed by atoms with van der Waals surface area (Å²) in [5.74, 6) is -0.583. The van der Waals surface area contributed by atoms with Crippen LogP contribution in [-0.4, -0.2) is 17.6 Å². The summed E-state index contributed by atoms with van der Waals surface area (Å²) in [6.07, 6.45) is 0.994. The van der Waals surface area contributed by atoms with Gasteiger partial charge in [-0.25, -0.2) is 0 Å². The van der Waals surface area contributed by atoms with Crippen LogP contribution in [0.3, 0.4) is 0 Å². The van der Waals surface area contributed by atoms with Crippen LogP contribution >= 0.6 is 11.6 Å². The molecule has 2 rings (SSSR count). The molecule has 1 aliphatic heterocycles. The van der Waals surface area contributed by atoms with Gasteiger partial charge in [0.1, 0.15) is 0 Å². The zero-order chi connectivity index (χ0) is 10.8. The van der Waals surface area contributed by atoms with Crippen LogP contribution in [0.4, 0.5) is 5.69 Å². The Kier molecular flexibility index (Phi) is 2.82. The molecule has 0 saturated carbocycles. The first-order valence-electron chi connectivity index (χ1n) is 4.90. The van der Waals surface area contributed by atoms with E-state index in [0.29, 0.717) is 11.6 Å². The summed E-state index contributed by atoms with van der Waals surface area (Å²) >= 11 is 6.02. The normalized spacial score (nSPS) is 19.1. The third kappa shape index (κ3) is 2.23. The average Bonchev–Trinajstić information content (AvgIpc) is 2.17. The monoisotopic (exact) mass is 225 g/mol. The summed E-state index contributed by atoms with van der Waals surface area (Å²) in [5, 5.41) is 12.6. The maximum absolute atomic E-state index is 10.6. The van der Waals surface area contributed by atoms with Crippen LogP contribution < -0.4 is 5.32 Å². The van der Waals surface area contributed by atoms with Crippen molar-refractivity contribution in [3.63, 3.8) is 0 Å². The van der Waals surface area contributed by atoms with Gasteiger partial charge < -0.3 is 10.4 Å². The number of aliphatic carboxylic acids is 1. The van der Waals surface area contributed by atoms with Crippen molar-refractivity contribution in [2.24, 2.45) is 5.92 Å². The van der Waals surface area contributed by atoms with Gasteiger partial charge in [-0.15, -0.1) is 0 Å². The molecule has 0 saturated heterocycles. The summed E-state index contributed by atoms with van der Waals surface area (Å²) in [6, 6.07) is 5.72. The van der Waals surface area contributed by atoms with Crippen molar-refractivity contribution in [3.8, 4) is 0 Å². The second-order valence-electron chi connectivity index (χ2n) is 3.82. The Morgan fingerprint density at radius 2 is 2.40 bits per heavy atom. The van der Waals surface area contributed by atoms with Crippen LogP contribution in [0.2, 0.25) is 5.02 Å². The van der Waals surface area contributed by atoms with E-state index < -0.39 is 5.97 Å². The predicted molar refractivity (Wildman–Crippen MR) is 59.4 cm³/mol. The molecule has 0 bridgehead atoms. The van der Waals surface area contributed by atoms with Crippen molar-refractivity contribution >= 4 is 23.3 Å². The lowest BCUT2D eigenvalue weighted by molar-refractivity contribution is -0.138. The van der Waals surface area contributed by atoms with Crippen molar-refractivity contribution in [1.29, 1.82) is 0 Å². The van der Waals surface area contributed by atoms with Crippen molar-refractivity contribution in [1.82, 2.24) is 0 Å². The quantitative estimate of drug-likeness (QED) is 0.813. The van der Waals surface area contributed by atoms with Crippen molar-refractivity contribution < 1.29 is 9.90 Å². The molecule has 0 aliphatic carbocycles. The second kappa shape index (κ2) is 4.11. The van der Waals surface area contributed by atoms with E-state index in [9.17, 15) is 4.79 Å². The molecule has 0 radical (unpaired) electrons. The van der Waals surface area contributed by atoms with Crippen molar-refractivity contribution in [2.75, 3.05) is 11.9 Å². The van der Waals surface area contributed by atoms with E-state index in [2.05, 4.69) is 5.32 Å². The van der Waals surface area contributed by atoms with Gasteiger partial charge in [-0.2, -0.15) is 0 Å². The summed E-state index contributed by atoms with van der Waals surface area (Å²) in [6.45, 7) is 0.684. The molecule has 1 aromatic carbocycles. The SMILES string of the molecule is O=C(O)CC1CNc2c(Cl)cccc2C1. The number of carbonyl (C=O) groups is 1. The average molecular weight is 226 g/mol. The Morgan fingerprint density at radius 1 is 1.60 bits per heavy atom. The fourth-order valence-electron chi connectivity index (χ4n) is 1.96. The van der Waals surface area contributed by atoms with E-state index in [1.54, 1.807) is 0 Å². The molecule has 1 atom stereocenters. The zero-order valence-electron chi connectivity index (χ0n) is 8.16. The largest absolute Gasteiger partial charge is 0.481 e. The Labute approximate surface area is 93.1 Å². The molecule has 80 valence electrons. The molecular weight excluding hydrogens is 214 g/mol. The Morgan fingerprint density at radius 3 is 3.13 bits per heavy atom. The molecule has 1 heterocycles. The van der Waals surface area contributed by atoms with Crippen molar-refractivity contribution in [3.05, 3.63) is 28.8 Å². The number of fused-ring (bicyclic) bond motifs is 1. The Balaban J connectivity index is 2.17. The standard InChI is InChI=1S/C11H12ClNO2/c12-9-3-1-2-8-4-7(5-10(14)15)6-13-11(8)9/h1-3,7,13H,4-6H2,(H,14,15). The maximum atomic E-state index is 10.6. The number of benzene rings is 1. The molecule has 4 heteroatoms. The van der Waals surface area contributed by atoms with E-state index in [-0.39, 0.29) is 12.3 Å². The minimum absolute atomic E-state index is 0.161. The molecule has 0 fully saturated rings. The van der Waals surface area contributed by atoms with Gasteiger partial charge in [0.25, 0.3) is 0 Å². The summed E-state index contributed by atoms with van der Waals surface area (Å²) in [4.78, 5) is 10.6. The van der Waals surface area contributed by atoms with E-state index in [1.807, 2.05) is 18.2 Å². The number of nitrogens with one attached hydrogen (secondary N) is 1. The number of para-hydroxylation sites is 1. The highest BCUT2D eigenvalue weighted by molar-refractivity contribution is 6.33. The maximum Gasteiger partial charge on any atom is 0.303 e. The van der Waals surface area contributed by atoms with Gasteiger partial charge in [0, 0.05) is 6.54 Å². The van der Waals surface area contributed by atoms with E-state index >= 15 is 0 Å². The molecule has 0 amide bonds. The van der Waals surface area contributed by atoms with Crippen LogP contribution in [0.1, 0.15) is 12.0 Å². The Bertz CT molecular complexity index is 392. The first kappa shape index (κ1) is 10.3. The van der Waals surface area contributed by atoms with Crippen LogP contribution in [-0.2, 0) is 11.2 Å². The third-order valence-corrected chi connectivity index (χ3v) is 2.95. The molecule has 0 spiro atoms. The van der Waals surface area contributed by atoms with Crippen LogP contribution in [0.25, 0.3) is 0 Å². The third-order valence-electron chi connectivity index (χ3n) is 2.64. The van der Waals surface area contributed by atoms with Crippen LogP contribution in [0, 0.1) is 5.92 Å². The highest BCUT2D eigenvalue weighted by atomic mass is 35.5. The lowest BCUT2D eigenvalue weighted by atomic mass is 9.91. The lowest BCUT2D eigenvalue weighted by Crippen LogP contribution is -2.25. The predicted octanol–water partition coefficient (Wildman–Crippen LogP) is 2.40. The molecule has 15 heavy (non-hydrogen) atoms.